The first-order chi connectivity index (χ1) is 8.70. The summed E-state index contributed by atoms with van der Waals surface area (Å²) in [5.74, 6) is 1.03. The number of hydrogen-bond acceptors (Lipinski definition) is 2. The number of benzene rings is 1. The SMILES string of the molecule is CCNC(Cc1cc(F)ccc1Cl)C1CCCS1. The van der Waals surface area contributed by atoms with Gasteiger partial charge >= 0.3 is 0 Å². The highest BCUT2D eigenvalue weighted by atomic mass is 35.5. The molecular formula is C14H19ClFNS. The molecule has 1 aliphatic heterocycles. The van der Waals surface area contributed by atoms with Crippen LogP contribution in [0.2, 0.25) is 5.02 Å². The maximum absolute atomic E-state index is 13.3. The Balaban J connectivity index is 2.09. The molecular weight excluding hydrogens is 269 g/mol. The van der Waals surface area contributed by atoms with Crippen LogP contribution in [0.25, 0.3) is 0 Å². The summed E-state index contributed by atoms with van der Waals surface area (Å²) >= 11 is 8.17. The number of rotatable bonds is 5. The largest absolute Gasteiger partial charge is 0.313 e. The first-order valence-corrected chi connectivity index (χ1v) is 7.92. The molecule has 1 N–H and O–H groups in total. The standard InChI is InChI=1S/C14H19ClFNS/c1-2-17-13(14-4-3-7-18-14)9-10-8-11(16)5-6-12(10)15/h5-6,8,13-14,17H,2-4,7,9H2,1H3. The van der Waals surface area contributed by atoms with Gasteiger partial charge in [-0.15, -0.1) is 0 Å². The Bertz CT molecular complexity index is 393. The maximum atomic E-state index is 13.3. The van der Waals surface area contributed by atoms with E-state index in [1.165, 1.54) is 24.7 Å². The van der Waals surface area contributed by atoms with Gasteiger partial charge in [0.1, 0.15) is 5.82 Å². The average Bonchev–Trinajstić information content (AvgIpc) is 2.87. The van der Waals surface area contributed by atoms with Crippen molar-refractivity contribution in [3.05, 3.63) is 34.6 Å². The molecule has 2 unspecified atom stereocenters. The van der Waals surface area contributed by atoms with Crippen LogP contribution in [0.3, 0.4) is 0 Å². The van der Waals surface area contributed by atoms with E-state index >= 15 is 0 Å². The molecule has 100 valence electrons. The zero-order chi connectivity index (χ0) is 13.0. The Labute approximate surface area is 117 Å². The number of nitrogens with one attached hydrogen (secondary N) is 1. The van der Waals surface area contributed by atoms with Crippen LogP contribution in [0.1, 0.15) is 25.3 Å². The second kappa shape index (κ2) is 6.78. The molecule has 1 aromatic carbocycles. The van der Waals surface area contributed by atoms with Gasteiger partial charge in [-0.3, -0.25) is 0 Å². The Morgan fingerprint density at radius 1 is 1.56 bits per heavy atom. The number of hydrogen-bond donors (Lipinski definition) is 1. The van der Waals surface area contributed by atoms with Gasteiger partial charge in [0.2, 0.25) is 0 Å². The monoisotopic (exact) mass is 287 g/mol. The lowest BCUT2D eigenvalue weighted by Crippen LogP contribution is -2.39. The van der Waals surface area contributed by atoms with Gasteiger partial charge in [0.25, 0.3) is 0 Å². The van der Waals surface area contributed by atoms with Crippen LogP contribution in [-0.2, 0) is 6.42 Å². The summed E-state index contributed by atoms with van der Waals surface area (Å²) in [7, 11) is 0. The van der Waals surface area contributed by atoms with Gasteiger partial charge in [0, 0.05) is 16.3 Å². The Morgan fingerprint density at radius 2 is 2.39 bits per heavy atom. The lowest BCUT2D eigenvalue weighted by molar-refractivity contribution is 0.494. The second-order valence-electron chi connectivity index (χ2n) is 4.66. The predicted octanol–water partition coefficient (Wildman–Crippen LogP) is 3.90. The molecule has 0 aromatic heterocycles. The summed E-state index contributed by atoms with van der Waals surface area (Å²) in [6.45, 7) is 3.05. The van der Waals surface area contributed by atoms with Crippen molar-refractivity contribution >= 4 is 23.4 Å². The molecule has 1 nitrogen and oxygen atoms in total. The van der Waals surface area contributed by atoms with Crippen LogP contribution in [0, 0.1) is 5.82 Å². The van der Waals surface area contributed by atoms with E-state index in [2.05, 4.69) is 12.2 Å². The average molecular weight is 288 g/mol. The van der Waals surface area contributed by atoms with Gasteiger partial charge in [-0.05, 0) is 55.3 Å². The minimum absolute atomic E-state index is 0.205. The molecule has 1 fully saturated rings. The molecule has 0 bridgehead atoms. The third-order valence-corrected chi connectivity index (χ3v) is 5.21. The fourth-order valence-corrected chi connectivity index (χ4v) is 4.04. The second-order valence-corrected chi connectivity index (χ2v) is 6.41. The Hall–Kier alpha value is -0.250. The van der Waals surface area contributed by atoms with Gasteiger partial charge in [-0.1, -0.05) is 18.5 Å². The van der Waals surface area contributed by atoms with Crippen molar-refractivity contribution in [1.29, 1.82) is 0 Å². The Morgan fingerprint density at radius 3 is 3.06 bits per heavy atom. The molecule has 0 aliphatic carbocycles. The van der Waals surface area contributed by atoms with E-state index in [9.17, 15) is 4.39 Å². The molecule has 1 heterocycles. The van der Waals surface area contributed by atoms with E-state index in [-0.39, 0.29) is 5.82 Å². The maximum Gasteiger partial charge on any atom is 0.123 e. The third kappa shape index (κ3) is 3.62. The van der Waals surface area contributed by atoms with Crippen LogP contribution < -0.4 is 5.32 Å². The van der Waals surface area contributed by atoms with E-state index in [1.54, 1.807) is 12.1 Å². The minimum Gasteiger partial charge on any atom is -0.313 e. The van der Waals surface area contributed by atoms with Crippen molar-refractivity contribution in [3.63, 3.8) is 0 Å². The number of thioether (sulfide) groups is 1. The van der Waals surface area contributed by atoms with E-state index in [4.69, 9.17) is 11.6 Å². The van der Waals surface area contributed by atoms with Crippen LogP contribution in [0.4, 0.5) is 4.39 Å². The lowest BCUT2D eigenvalue weighted by atomic mass is 10.0. The molecule has 2 rings (SSSR count). The number of likely N-dealkylation sites (N-methyl/N-ethyl adjacent to an activating group) is 1. The topological polar surface area (TPSA) is 12.0 Å². The highest BCUT2D eigenvalue weighted by Crippen LogP contribution is 2.31. The summed E-state index contributed by atoms with van der Waals surface area (Å²) in [6.07, 6.45) is 3.34. The fraction of sp³-hybridized carbons (Fsp3) is 0.571. The van der Waals surface area contributed by atoms with Crippen molar-refractivity contribution < 1.29 is 4.39 Å². The van der Waals surface area contributed by atoms with Gasteiger partial charge in [-0.2, -0.15) is 11.8 Å². The molecule has 0 saturated carbocycles. The smallest absolute Gasteiger partial charge is 0.123 e. The van der Waals surface area contributed by atoms with Crippen molar-refractivity contribution in [2.24, 2.45) is 0 Å². The molecule has 2 atom stereocenters. The van der Waals surface area contributed by atoms with Gasteiger partial charge < -0.3 is 5.32 Å². The Kier molecular flexibility index (Phi) is 5.34. The molecule has 4 heteroatoms. The van der Waals surface area contributed by atoms with Gasteiger partial charge in [-0.25, -0.2) is 4.39 Å². The molecule has 1 aliphatic rings. The molecule has 0 radical (unpaired) electrons. The summed E-state index contributed by atoms with van der Waals surface area (Å²) < 4.78 is 13.3. The van der Waals surface area contributed by atoms with E-state index in [0.717, 1.165) is 18.5 Å². The molecule has 1 saturated heterocycles. The zero-order valence-electron chi connectivity index (χ0n) is 10.6. The van der Waals surface area contributed by atoms with Crippen molar-refractivity contribution in [3.8, 4) is 0 Å². The summed E-state index contributed by atoms with van der Waals surface area (Å²) in [5, 5.41) is 4.82. The van der Waals surface area contributed by atoms with Gasteiger partial charge in [0.05, 0.1) is 0 Å². The van der Waals surface area contributed by atoms with E-state index < -0.39 is 0 Å². The summed E-state index contributed by atoms with van der Waals surface area (Å²) in [4.78, 5) is 0. The van der Waals surface area contributed by atoms with Crippen LogP contribution in [-0.4, -0.2) is 23.6 Å². The van der Waals surface area contributed by atoms with Crippen molar-refractivity contribution in [1.82, 2.24) is 5.32 Å². The summed E-state index contributed by atoms with van der Waals surface area (Å²) in [5.41, 5.74) is 0.912. The molecule has 0 amide bonds. The van der Waals surface area contributed by atoms with Crippen LogP contribution >= 0.6 is 23.4 Å². The highest BCUT2D eigenvalue weighted by Gasteiger charge is 2.25. The quantitative estimate of drug-likeness (QED) is 0.882. The molecule has 18 heavy (non-hydrogen) atoms. The first-order valence-electron chi connectivity index (χ1n) is 6.49. The van der Waals surface area contributed by atoms with E-state index in [0.29, 0.717) is 16.3 Å². The minimum atomic E-state index is -0.205. The van der Waals surface area contributed by atoms with E-state index in [1.807, 2.05) is 11.8 Å². The first kappa shape index (κ1) is 14.2. The predicted molar refractivity (Wildman–Crippen MR) is 78.1 cm³/mol. The highest BCUT2D eigenvalue weighted by molar-refractivity contribution is 8.00. The zero-order valence-corrected chi connectivity index (χ0v) is 12.2. The fourth-order valence-electron chi connectivity index (χ4n) is 2.45. The summed E-state index contributed by atoms with van der Waals surface area (Å²) in [6, 6.07) is 5.02. The third-order valence-electron chi connectivity index (χ3n) is 3.33. The van der Waals surface area contributed by atoms with Crippen molar-refractivity contribution in [2.75, 3.05) is 12.3 Å². The number of halogens is 2. The molecule has 0 spiro atoms. The van der Waals surface area contributed by atoms with Crippen molar-refractivity contribution in [2.45, 2.75) is 37.5 Å². The van der Waals surface area contributed by atoms with Crippen LogP contribution in [0.5, 0.6) is 0 Å². The normalized spacial score (nSPS) is 21.2. The molecule has 1 aromatic rings. The van der Waals surface area contributed by atoms with Crippen LogP contribution in [0.15, 0.2) is 18.2 Å². The lowest BCUT2D eigenvalue weighted by Gasteiger charge is -2.24. The van der Waals surface area contributed by atoms with Gasteiger partial charge in [0.15, 0.2) is 0 Å².